The number of hydrogen-bond donors (Lipinski definition) is 1. The number of nitrogens with one attached hydrogen (secondary N) is 1. The van der Waals surface area contributed by atoms with Gasteiger partial charge < -0.3 is 5.32 Å². The molecule has 0 saturated carbocycles. The molecule has 1 atom stereocenters. The van der Waals surface area contributed by atoms with Crippen molar-refractivity contribution in [3.8, 4) is 0 Å². The monoisotopic (exact) mass is 243 g/mol. The van der Waals surface area contributed by atoms with Crippen molar-refractivity contribution in [2.24, 2.45) is 0 Å². The fraction of sp³-hybridized carbons (Fsp3) is 0.333. The average Bonchev–Trinajstić information content (AvgIpc) is 2.87. The van der Waals surface area contributed by atoms with Crippen LogP contribution in [0.25, 0.3) is 0 Å². The fourth-order valence-electron chi connectivity index (χ4n) is 2.17. The Morgan fingerprint density at radius 2 is 2.33 bits per heavy atom. The molecule has 1 aliphatic rings. The Morgan fingerprint density at radius 1 is 1.39 bits per heavy atom. The minimum atomic E-state index is -0.166. The SMILES string of the molecule is O=C(N[C@H]1CCn2nccc2C1)c1cnccn1. The van der Waals surface area contributed by atoms with E-state index in [4.69, 9.17) is 0 Å². The molecule has 2 aromatic rings. The molecule has 1 amide bonds. The quantitative estimate of drug-likeness (QED) is 0.829. The molecule has 1 aliphatic heterocycles. The van der Waals surface area contributed by atoms with Gasteiger partial charge in [-0.25, -0.2) is 4.98 Å². The summed E-state index contributed by atoms with van der Waals surface area (Å²) in [6.07, 6.45) is 8.04. The van der Waals surface area contributed by atoms with Crippen molar-refractivity contribution < 1.29 is 4.79 Å². The van der Waals surface area contributed by atoms with Crippen LogP contribution in [0, 0.1) is 0 Å². The molecule has 2 aromatic heterocycles. The van der Waals surface area contributed by atoms with E-state index in [1.807, 2.05) is 10.7 Å². The fourth-order valence-corrected chi connectivity index (χ4v) is 2.17. The lowest BCUT2D eigenvalue weighted by Gasteiger charge is -2.24. The number of fused-ring (bicyclic) bond motifs is 1. The first-order chi connectivity index (χ1) is 8.83. The zero-order valence-corrected chi connectivity index (χ0v) is 9.78. The first-order valence-corrected chi connectivity index (χ1v) is 5.90. The van der Waals surface area contributed by atoms with Crippen LogP contribution in [0.1, 0.15) is 22.6 Å². The van der Waals surface area contributed by atoms with Crippen molar-refractivity contribution in [1.29, 1.82) is 0 Å². The summed E-state index contributed by atoms with van der Waals surface area (Å²) in [5.41, 5.74) is 1.52. The lowest BCUT2D eigenvalue weighted by molar-refractivity contribution is 0.0924. The Hall–Kier alpha value is -2.24. The topological polar surface area (TPSA) is 72.7 Å². The van der Waals surface area contributed by atoms with Crippen molar-refractivity contribution >= 4 is 5.91 Å². The van der Waals surface area contributed by atoms with Gasteiger partial charge in [0.05, 0.1) is 6.20 Å². The molecule has 1 N–H and O–H groups in total. The first-order valence-electron chi connectivity index (χ1n) is 5.90. The number of carbonyl (C=O) groups excluding carboxylic acids is 1. The summed E-state index contributed by atoms with van der Waals surface area (Å²) in [6, 6.07) is 2.13. The molecule has 3 heterocycles. The number of aryl methyl sites for hydroxylation is 1. The highest BCUT2D eigenvalue weighted by atomic mass is 16.1. The van der Waals surface area contributed by atoms with E-state index in [-0.39, 0.29) is 11.9 Å². The molecule has 18 heavy (non-hydrogen) atoms. The molecule has 0 unspecified atom stereocenters. The van der Waals surface area contributed by atoms with E-state index in [1.54, 1.807) is 12.4 Å². The normalized spacial score (nSPS) is 18.1. The van der Waals surface area contributed by atoms with Crippen molar-refractivity contribution in [3.63, 3.8) is 0 Å². The molecule has 6 nitrogen and oxygen atoms in total. The lowest BCUT2D eigenvalue weighted by Crippen LogP contribution is -2.40. The Balaban J connectivity index is 1.67. The maximum Gasteiger partial charge on any atom is 0.271 e. The van der Waals surface area contributed by atoms with Crippen LogP contribution in [0.3, 0.4) is 0 Å². The second kappa shape index (κ2) is 4.56. The smallest absolute Gasteiger partial charge is 0.271 e. The van der Waals surface area contributed by atoms with Crippen LogP contribution in [0.2, 0.25) is 0 Å². The van der Waals surface area contributed by atoms with Crippen molar-refractivity contribution in [2.45, 2.75) is 25.4 Å². The Labute approximate surface area is 104 Å². The van der Waals surface area contributed by atoms with Gasteiger partial charge in [-0.3, -0.25) is 14.5 Å². The number of hydrogen-bond acceptors (Lipinski definition) is 4. The predicted octanol–water partition coefficient (Wildman–Crippen LogP) is 0.418. The minimum Gasteiger partial charge on any atom is -0.347 e. The Morgan fingerprint density at radius 3 is 3.17 bits per heavy atom. The van der Waals surface area contributed by atoms with Gasteiger partial charge in [0.15, 0.2) is 0 Å². The van der Waals surface area contributed by atoms with E-state index in [0.29, 0.717) is 5.69 Å². The molecule has 0 aliphatic carbocycles. The van der Waals surface area contributed by atoms with Crippen LogP contribution in [0.4, 0.5) is 0 Å². The third-order valence-electron chi connectivity index (χ3n) is 3.08. The summed E-state index contributed by atoms with van der Waals surface area (Å²) >= 11 is 0. The van der Waals surface area contributed by atoms with E-state index in [9.17, 15) is 4.79 Å². The average molecular weight is 243 g/mol. The van der Waals surface area contributed by atoms with Crippen molar-refractivity contribution in [2.75, 3.05) is 0 Å². The Bertz CT molecular complexity index is 551. The van der Waals surface area contributed by atoms with Crippen LogP contribution in [-0.2, 0) is 13.0 Å². The first kappa shape index (κ1) is 10.9. The summed E-state index contributed by atoms with van der Waals surface area (Å²) in [6.45, 7) is 0.841. The van der Waals surface area contributed by atoms with Gasteiger partial charge in [0, 0.05) is 43.3 Å². The summed E-state index contributed by atoms with van der Waals surface area (Å²) in [7, 11) is 0. The molecule has 6 heteroatoms. The largest absolute Gasteiger partial charge is 0.347 e. The van der Waals surface area contributed by atoms with Gasteiger partial charge in [0.1, 0.15) is 5.69 Å². The zero-order chi connectivity index (χ0) is 12.4. The lowest BCUT2D eigenvalue weighted by atomic mass is 10.0. The molecule has 92 valence electrons. The van der Waals surface area contributed by atoms with Crippen LogP contribution in [-0.4, -0.2) is 31.7 Å². The van der Waals surface area contributed by atoms with Gasteiger partial charge in [-0.1, -0.05) is 0 Å². The molecule has 0 bridgehead atoms. The standard InChI is InChI=1S/C12H13N5O/c18-12(11-8-13-4-5-14-11)16-9-2-6-17-10(7-9)1-3-15-17/h1,3-5,8-9H,2,6-7H2,(H,16,18)/t9-/m0/s1. The summed E-state index contributed by atoms with van der Waals surface area (Å²) < 4.78 is 1.98. The maximum atomic E-state index is 11.9. The summed E-state index contributed by atoms with van der Waals surface area (Å²) in [5, 5.41) is 7.19. The number of rotatable bonds is 2. The number of amides is 1. The summed E-state index contributed by atoms with van der Waals surface area (Å²) in [4.78, 5) is 19.8. The highest BCUT2D eigenvalue weighted by Crippen LogP contribution is 2.13. The highest BCUT2D eigenvalue weighted by Gasteiger charge is 2.21. The van der Waals surface area contributed by atoms with Crippen LogP contribution >= 0.6 is 0 Å². The van der Waals surface area contributed by atoms with Gasteiger partial charge in [-0.15, -0.1) is 0 Å². The maximum absolute atomic E-state index is 11.9. The number of aromatic nitrogens is 4. The van der Waals surface area contributed by atoms with Gasteiger partial charge in [-0.2, -0.15) is 5.10 Å². The molecule has 0 aromatic carbocycles. The highest BCUT2D eigenvalue weighted by molar-refractivity contribution is 5.92. The molecule has 0 fully saturated rings. The van der Waals surface area contributed by atoms with Gasteiger partial charge >= 0.3 is 0 Å². The van der Waals surface area contributed by atoms with Crippen molar-refractivity contribution in [3.05, 3.63) is 42.2 Å². The predicted molar refractivity (Wildman–Crippen MR) is 63.8 cm³/mol. The molecule has 0 radical (unpaired) electrons. The van der Waals surface area contributed by atoms with E-state index >= 15 is 0 Å². The molecule has 3 rings (SSSR count). The second-order valence-corrected chi connectivity index (χ2v) is 4.30. The Kier molecular flexibility index (Phi) is 2.76. The number of carbonyl (C=O) groups is 1. The number of nitrogens with zero attached hydrogens (tertiary/aromatic N) is 4. The van der Waals surface area contributed by atoms with Crippen LogP contribution < -0.4 is 5.32 Å². The molecule has 0 saturated heterocycles. The van der Waals surface area contributed by atoms with Gasteiger partial charge in [0.25, 0.3) is 5.91 Å². The third kappa shape index (κ3) is 2.09. The molecular weight excluding hydrogens is 230 g/mol. The van der Waals surface area contributed by atoms with E-state index < -0.39 is 0 Å². The van der Waals surface area contributed by atoms with Crippen LogP contribution in [0.15, 0.2) is 30.9 Å². The van der Waals surface area contributed by atoms with Gasteiger partial charge in [0.2, 0.25) is 0 Å². The third-order valence-corrected chi connectivity index (χ3v) is 3.08. The van der Waals surface area contributed by atoms with Crippen molar-refractivity contribution in [1.82, 2.24) is 25.1 Å². The van der Waals surface area contributed by atoms with Crippen LogP contribution in [0.5, 0.6) is 0 Å². The summed E-state index contributed by atoms with van der Waals surface area (Å²) in [5.74, 6) is -0.166. The molecule has 0 spiro atoms. The molecular formula is C12H13N5O. The minimum absolute atomic E-state index is 0.142. The zero-order valence-electron chi connectivity index (χ0n) is 9.78. The van der Waals surface area contributed by atoms with E-state index in [1.165, 1.54) is 12.4 Å². The van der Waals surface area contributed by atoms with E-state index in [0.717, 1.165) is 25.1 Å². The van der Waals surface area contributed by atoms with E-state index in [2.05, 4.69) is 20.4 Å². The second-order valence-electron chi connectivity index (χ2n) is 4.30. The van der Waals surface area contributed by atoms with Gasteiger partial charge in [-0.05, 0) is 12.5 Å².